The van der Waals surface area contributed by atoms with Gasteiger partial charge in [-0.25, -0.2) is 0 Å². The maximum Gasteiger partial charge on any atom is 0.251 e. The lowest BCUT2D eigenvalue weighted by Crippen LogP contribution is -2.27. The fraction of sp³-hybridized carbons (Fsp3) is 0.222. The van der Waals surface area contributed by atoms with Gasteiger partial charge >= 0.3 is 0 Å². The molecule has 120 valence electrons. The Labute approximate surface area is 135 Å². The van der Waals surface area contributed by atoms with Gasteiger partial charge in [-0.05, 0) is 48.4 Å². The smallest absolute Gasteiger partial charge is 0.251 e. The van der Waals surface area contributed by atoms with Crippen molar-refractivity contribution < 1.29 is 14.0 Å². The maximum absolute atomic E-state index is 11.9. The molecule has 2 amide bonds. The van der Waals surface area contributed by atoms with Crippen LogP contribution < -0.4 is 10.6 Å². The van der Waals surface area contributed by atoms with Gasteiger partial charge in [0, 0.05) is 23.9 Å². The van der Waals surface area contributed by atoms with Crippen molar-refractivity contribution in [2.24, 2.45) is 5.92 Å². The van der Waals surface area contributed by atoms with Gasteiger partial charge in [-0.1, -0.05) is 13.8 Å². The highest BCUT2D eigenvalue weighted by atomic mass is 16.3. The first-order valence-corrected chi connectivity index (χ1v) is 7.45. The van der Waals surface area contributed by atoms with Crippen molar-refractivity contribution in [2.75, 3.05) is 11.9 Å². The molecule has 2 N–H and O–H groups in total. The Morgan fingerprint density at radius 3 is 2.52 bits per heavy atom. The first-order chi connectivity index (χ1) is 11.0. The molecule has 1 aromatic carbocycles. The van der Waals surface area contributed by atoms with Gasteiger partial charge in [0.05, 0.1) is 6.26 Å². The zero-order valence-electron chi connectivity index (χ0n) is 13.2. The quantitative estimate of drug-likeness (QED) is 0.804. The summed E-state index contributed by atoms with van der Waals surface area (Å²) >= 11 is 0. The van der Waals surface area contributed by atoms with E-state index in [0.717, 1.165) is 0 Å². The normalized spacial score (nSPS) is 10.9. The van der Waals surface area contributed by atoms with Crippen molar-refractivity contribution in [3.63, 3.8) is 0 Å². The van der Waals surface area contributed by atoms with E-state index in [1.54, 1.807) is 48.7 Å². The van der Waals surface area contributed by atoms with E-state index in [1.165, 1.54) is 6.08 Å². The Balaban J connectivity index is 1.89. The average molecular weight is 312 g/mol. The van der Waals surface area contributed by atoms with Gasteiger partial charge in [0.1, 0.15) is 5.76 Å². The first-order valence-electron chi connectivity index (χ1n) is 7.45. The summed E-state index contributed by atoms with van der Waals surface area (Å²) in [4.78, 5) is 23.7. The van der Waals surface area contributed by atoms with E-state index in [2.05, 4.69) is 10.6 Å². The summed E-state index contributed by atoms with van der Waals surface area (Å²) < 4.78 is 5.10. The lowest BCUT2D eigenvalue weighted by atomic mass is 10.1. The molecule has 0 aliphatic heterocycles. The molecule has 0 fully saturated rings. The van der Waals surface area contributed by atoms with Crippen molar-refractivity contribution in [3.05, 3.63) is 60.1 Å². The number of rotatable bonds is 6. The molecule has 5 heteroatoms. The third-order valence-corrected chi connectivity index (χ3v) is 3.03. The van der Waals surface area contributed by atoms with Crippen molar-refractivity contribution in [3.8, 4) is 0 Å². The highest BCUT2D eigenvalue weighted by Gasteiger charge is 2.06. The van der Waals surface area contributed by atoms with E-state index in [-0.39, 0.29) is 11.8 Å². The molecule has 0 bridgehead atoms. The molecular weight excluding hydrogens is 292 g/mol. The molecule has 0 atom stereocenters. The highest BCUT2D eigenvalue weighted by Crippen LogP contribution is 2.10. The minimum atomic E-state index is -0.265. The lowest BCUT2D eigenvalue weighted by molar-refractivity contribution is -0.111. The number of hydrogen-bond acceptors (Lipinski definition) is 3. The number of carbonyl (C=O) groups excluding carboxylic acids is 2. The van der Waals surface area contributed by atoms with E-state index in [0.29, 0.717) is 29.5 Å². The summed E-state index contributed by atoms with van der Waals surface area (Å²) in [5.74, 6) is 0.628. The first kappa shape index (κ1) is 16.5. The van der Waals surface area contributed by atoms with E-state index in [1.807, 2.05) is 13.8 Å². The number of benzene rings is 1. The van der Waals surface area contributed by atoms with Gasteiger partial charge in [0.25, 0.3) is 5.91 Å². The maximum atomic E-state index is 11.9. The number of furan rings is 1. The summed E-state index contributed by atoms with van der Waals surface area (Å²) in [5, 5.41) is 5.57. The van der Waals surface area contributed by atoms with E-state index < -0.39 is 0 Å². The largest absolute Gasteiger partial charge is 0.465 e. The predicted octanol–water partition coefficient (Wildman–Crippen LogP) is 3.32. The van der Waals surface area contributed by atoms with Crippen molar-refractivity contribution in [1.82, 2.24) is 5.32 Å². The summed E-state index contributed by atoms with van der Waals surface area (Å²) in [5.41, 5.74) is 1.19. The second-order valence-corrected chi connectivity index (χ2v) is 5.52. The van der Waals surface area contributed by atoms with Gasteiger partial charge in [0.15, 0.2) is 0 Å². The SMILES string of the molecule is CC(C)CNC(=O)c1ccc(NC(=O)/C=C/c2ccco2)cc1. The highest BCUT2D eigenvalue weighted by molar-refractivity contribution is 6.02. The van der Waals surface area contributed by atoms with Gasteiger partial charge in [-0.15, -0.1) is 0 Å². The Hall–Kier alpha value is -2.82. The van der Waals surface area contributed by atoms with E-state index >= 15 is 0 Å². The van der Waals surface area contributed by atoms with Crippen LogP contribution in [-0.2, 0) is 4.79 Å². The Bertz CT molecular complexity index is 671. The molecule has 0 saturated heterocycles. The van der Waals surface area contributed by atoms with Crippen molar-refractivity contribution in [2.45, 2.75) is 13.8 Å². The molecular formula is C18H20N2O3. The van der Waals surface area contributed by atoms with Crippen LogP contribution in [0.2, 0.25) is 0 Å². The standard InChI is InChI=1S/C18H20N2O3/c1-13(2)12-19-18(22)14-5-7-15(8-6-14)20-17(21)10-9-16-4-3-11-23-16/h3-11,13H,12H2,1-2H3,(H,19,22)(H,20,21)/b10-9+. The number of anilines is 1. The Kier molecular flexibility index (Phi) is 5.74. The average Bonchev–Trinajstić information content (AvgIpc) is 3.05. The molecule has 1 heterocycles. The fourth-order valence-corrected chi connectivity index (χ4v) is 1.83. The Morgan fingerprint density at radius 2 is 1.91 bits per heavy atom. The molecule has 5 nitrogen and oxygen atoms in total. The second kappa shape index (κ2) is 7.98. The molecule has 0 unspecified atom stereocenters. The van der Waals surface area contributed by atoms with Crippen LogP contribution in [0.5, 0.6) is 0 Å². The predicted molar refractivity (Wildman–Crippen MR) is 90.0 cm³/mol. The van der Waals surface area contributed by atoms with Crippen LogP contribution in [0.4, 0.5) is 5.69 Å². The number of nitrogens with one attached hydrogen (secondary N) is 2. The van der Waals surface area contributed by atoms with E-state index in [4.69, 9.17) is 4.42 Å². The fourth-order valence-electron chi connectivity index (χ4n) is 1.83. The molecule has 0 aliphatic rings. The lowest BCUT2D eigenvalue weighted by Gasteiger charge is -2.08. The van der Waals surface area contributed by atoms with Crippen LogP contribution in [0.3, 0.4) is 0 Å². The molecule has 0 aliphatic carbocycles. The zero-order chi connectivity index (χ0) is 16.7. The van der Waals surface area contributed by atoms with Crippen LogP contribution >= 0.6 is 0 Å². The summed E-state index contributed by atoms with van der Waals surface area (Å²) in [6.07, 6.45) is 4.52. The van der Waals surface area contributed by atoms with Gasteiger partial charge in [0.2, 0.25) is 5.91 Å². The van der Waals surface area contributed by atoms with Crippen LogP contribution in [-0.4, -0.2) is 18.4 Å². The van der Waals surface area contributed by atoms with Gasteiger partial charge in [-0.3, -0.25) is 9.59 Å². The zero-order valence-corrected chi connectivity index (χ0v) is 13.2. The van der Waals surface area contributed by atoms with Crippen LogP contribution in [0.15, 0.2) is 53.2 Å². The molecule has 23 heavy (non-hydrogen) atoms. The van der Waals surface area contributed by atoms with Gasteiger partial charge < -0.3 is 15.1 Å². The summed E-state index contributed by atoms with van der Waals surface area (Å²) in [6, 6.07) is 10.3. The Morgan fingerprint density at radius 1 is 1.17 bits per heavy atom. The number of amides is 2. The molecule has 2 aromatic rings. The van der Waals surface area contributed by atoms with Crippen molar-refractivity contribution >= 4 is 23.6 Å². The summed E-state index contributed by atoms with van der Waals surface area (Å²) in [7, 11) is 0. The van der Waals surface area contributed by atoms with Gasteiger partial charge in [-0.2, -0.15) is 0 Å². The monoisotopic (exact) mass is 312 g/mol. The minimum absolute atomic E-state index is 0.116. The molecule has 1 aromatic heterocycles. The molecule has 0 saturated carbocycles. The van der Waals surface area contributed by atoms with Crippen LogP contribution in [0, 0.1) is 5.92 Å². The second-order valence-electron chi connectivity index (χ2n) is 5.52. The third-order valence-electron chi connectivity index (χ3n) is 3.03. The van der Waals surface area contributed by atoms with Crippen LogP contribution in [0.1, 0.15) is 30.0 Å². The number of carbonyl (C=O) groups is 2. The number of hydrogen-bond donors (Lipinski definition) is 2. The molecule has 0 spiro atoms. The summed E-state index contributed by atoms with van der Waals surface area (Å²) in [6.45, 7) is 4.71. The molecule has 0 radical (unpaired) electrons. The molecule has 2 rings (SSSR count). The van der Waals surface area contributed by atoms with Crippen molar-refractivity contribution in [1.29, 1.82) is 0 Å². The minimum Gasteiger partial charge on any atom is -0.465 e. The van der Waals surface area contributed by atoms with E-state index in [9.17, 15) is 9.59 Å². The third kappa shape index (κ3) is 5.47. The topological polar surface area (TPSA) is 71.3 Å². The van der Waals surface area contributed by atoms with Crippen LogP contribution in [0.25, 0.3) is 6.08 Å².